The molecule has 0 spiro atoms. The van der Waals surface area contributed by atoms with Crippen LogP contribution in [-0.4, -0.2) is 9.78 Å². The standard InChI is InChI=1S/C15H20FN3/c1-10-5-6-13(7-15(10)16)11(2)17-8-14-9-18-19(4)12(14)3/h5-7,9,11,17H,8H2,1-4H3. The zero-order valence-electron chi connectivity index (χ0n) is 11.9. The molecule has 0 saturated heterocycles. The van der Waals surface area contributed by atoms with E-state index in [1.807, 2.05) is 43.9 Å². The molecule has 0 radical (unpaired) electrons. The highest BCUT2D eigenvalue weighted by molar-refractivity contribution is 5.25. The molecule has 102 valence electrons. The average Bonchev–Trinajstić information content (AvgIpc) is 2.70. The summed E-state index contributed by atoms with van der Waals surface area (Å²) in [5.74, 6) is -0.149. The van der Waals surface area contributed by atoms with Crippen LogP contribution < -0.4 is 5.32 Å². The zero-order chi connectivity index (χ0) is 14.0. The van der Waals surface area contributed by atoms with E-state index in [0.29, 0.717) is 5.56 Å². The Morgan fingerprint density at radius 3 is 2.68 bits per heavy atom. The van der Waals surface area contributed by atoms with Crippen LogP contribution in [-0.2, 0) is 13.6 Å². The molecule has 2 aromatic rings. The maximum Gasteiger partial charge on any atom is 0.126 e. The first-order chi connectivity index (χ1) is 8.99. The Morgan fingerprint density at radius 2 is 2.11 bits per heavy atom. The first-order valence-corrected chi connectivity index (χ1v) is 6.46. The molecular weight excluding hydrogens is 241 g/mol. The number of nitrogens with one attached hydrogen (secondary N) is 1. The van der Waals surface area contributed by atoms with Crippen LogP contribution in [0.3, 0.4) is 0 Å². The third-order valence-corrected chi connectivity index (χ3v) is 3.63. The lowest BCUT2D eigenvalue weighted by atomic mass is 10.1. The second kappa shape index (κ2) is 5.53. The Hall–Kier alpha value is -1.68. The van der Waals surface area contributed by atoms with Crippen molar-refractivity contribution in [3.05, 3.63) is 52.6 Å². The SMILES string of the molecule is Cc1ccc(C(C)NCc2cnn(C)c2C)cc1F. The number of halogens is 1. The Morgan fingerprint density at radius 1 is 1.37 bits per heavy atom. The molecule has 19 heavy (non-hydrogen) atoms. The molecule has 1 aromatic carbocycles. The van der Waals surface area contributed by atoms with Crippen molar-refractivity contribution in [3.63, 3.8) is 0 Å². The number of nitrogens with zero attached hydrogens (tertiary/aromatic N) is 2. The summed E-state index contributed by atoms with van der Waals surface area (Å²) in [5, 5.41) is 7.61. The summed E-state index contributed by atoms with van der Waals surface area (Å²) in [5.41, 5.74) is 3.96. The fraction of sp³-hybridized carbons (Fsp3) is 0.400. The number of aryl methyl sites for hydroxylation is 2. The normalized spacial score (nSPS) is 12.7. The molecule has 4 heteroatoms. The molecule has 2 rings (SSSR count). The van der Waals surface area contributed by atoms with Gasteiger partial charge in [-0.05, 0) is 38.0 Å². The molecule has 1 unspecified atom stereocenters. The van der Waals surface area contributed by atoms with Gasteiger partial charge < -0.3 is 5.32 Å². The fourth-order valence-corrected chi connectivity index (χ4v) is 1.98. The van der Waals surface area contributed by atoms with Gasteiger partial charge in [0.1, 0.15) is 5.82 Å². The van der Waals surface area contributed by atoms with Crippen LogP contribution in [0.25, 0.3) is 0 Å². The lowest BCUT2D eigenvalue weighted by Crippen LogP contribution is -2.18. The summed E-state index contributed by atoms with van der Waals surface area (Å²) in [6.07, 6.45) is 1.87. The van der Waals surface area contributed by atoms with E-state index in [-0.39, 0.29) is 11.9 Å². The Balaban J connectivity index is 2.03. The molecule has 0 aliphatic carbocycles. The summed E-state index contributed by atoms with van der Waals surface area (Å²) < 4.78 is 15.4. The van der Waals surface area contributed by atoms with E-state index < -0.39 is 0 Å². The second-order valence-electron chi connectivity index (χ2n) is 4.99. The lowest BCUT2D eigenvalue weighted by Gasteiger charge is -2.14. The smallest absolute Gasteiger partial charge is 0.126 e. The number of rotatable bonds is 4. The van der Waals surface area contributed by atoms with Crippen molar-refractivity contribution in [2.24, 2.45) is 7.05 Å². The number of benzene rings is 1. The lowest BCUT2D eigenvalue weighted by molar-refractivity contribution is 0.561. The molecule has 0 aliphatic heterocycles. The largest absolute Gasteiger partial charge is 0.306 e. The van der Waals surface area contributed by atoms with Gasteiger partial charge in [-0.2, -0.15) is 5.10 Å². The van der Waals surface area contributed by atoms with Crippen molar-refractivity contribution in [2.45, 2.75) is 33.4 Å². The molecule has 3 nitrogen and oxygen atoms in total. The van der Waals surface area contributed by atoms with Gasteiger partial charge in [-0.1, -0.05) is 12.1 Å². The van der Waals surface area contributed by atoms with Crippen molar-refractivity contribution < 1.29 is 4.39 Å². The quantitative estimate of drug-likeness (QED) is 0.916. The van der Waals surface area contributed by atoms with E-state index >= 15 is 0 Å². The Labute approximate surface area is 113 Å². The van der Waals surface area contributed by atoms with Crippen LogP contribution >= 0.6 is 0 Å². The molecule has 0 bridgehead atoms. The average molecular weight is 261 g/mol. The van der Waals surface area contributed by atoms with E-state index in [1.165, 1.54) is 5.56 Å². The van der Waals surface area contributed by atoms with Gasteiger partial charge in [0, 0.05) is 30.9 Å². The summed E-state index contributed by atoms with van der Waals surface area (Å²) in [6.45, 7) is 6.59. The number of hydrogen-bond donors (Lipinski definition) is 1. The van der Waals surface area contributed by atoms with E-state index in [9.17, 15) is 4.39 Å². The summed E-state index contributed by atoms with van der Waals surface area (Å²) in [6, 6.07) is 5.49. The summed E-state index contributed by atoms with van der Waals surface area (Å²) in [4.78, 5) is 0. The highest BCUT2D eigenvalue weighted by Gasteiger charge is 2.09. The van der Waals surface area contributed by atoms with Crippen molar-refractivity contribution in [1.29, 1.82) is 0 Å². The molecule has 1 N–H and O–H groups in total. The van der Waals surface area contributed by atoms with Crippen molar-refractivity contribution >= 4 is 0 Å². The van der Waals surface area contributed by atoms with Gasteiger partial charge >= 0.3 is 0 Å². The van der Waals surface area contributed by atoms with E-state index in [1.54, 1.807) is 13.0 Å². The van der Waals surface area contributed by atoms with Gasteiger partial charge in [0.15, 0.2) is 0 Å². The molecular formula is C15H20FN3. The van der Waals surface area contributed by atoms with Crippen LogP contribution in [0.2, 0.25) is 0 Å². The number of hydrogen-bond acceptors (Lipinski definition) is 2. The molecule has 0 amide bonds. The molecule has 1 aromatic heterocycles. The maximum absolute atomic E-state index is 13.5. The molecule has 0 fully saturated rings. The minimum absolute atomic E-state index is 0.106. The maximum atomic E-state index is 13.5. The zero-order valence-corrected chi connectivity index (χ0v) is 11.9. The monoisotopic (exact) mass is 261 g/mol. The minimum atomic E-state index is -0.149. The van der Waals surface area contributed by atoms with Crippen molar-refractivity contribution in [2.75, 3.05) is 0 Å². The Bertz CT molecular complexity index is 575. The topological polar surface area (TPSA) is 29.9 Å². The van der Waals surface area contributed by atoms with Crippen LogP contribution in [0.5, 0.6) is 0 Å². The van der Waals surface area contributed by atoms with Crippen molar-refractivity contribution in [3.8, 4) is 0 Å². The molecule has 1 atom stereocenters. The predicted octanol–water partition coefficient (Wildman–Crippen LogP) is 3.03. The van der Waals surface area contributed by atoms with Crippen LogP contribution in [0.4, 0.5) is 4.39 Å². The van der Waals surface area contributed by atoms with E-state index in [4.69, 9.17) is 0 Å². The third-order valence-electron chi connectivity index (χ3n) is 3.63. The molecule has 0 aliphatic rings. The molecule has 0 saturated carbocycles. The van der Waals surface area contributed by atoms with Gasteiger partial charge in [-0.15, -0.1) is 0 Å². The number of aromatic nitrogens is 2. The predicted molar refractivity (Wildman–Crippen MR) is 74.3 cm³/mol. The van der Waals surface area contributed by atoms with Gasteiger partial charge in [0.2, 0.25) is 0 Å². The third kappa shape index (κ3) is 3.01. The van der Waals surface area contributed by atoms with Gasteiger partial charge in [0.25, 0.3) is 0 Å². The minimum Gasteiger partial charge on any atom is -0.306 e. The van der Waals surface area contributed by atoms with Crippen LogP contribution in [0.1, 0.15) is 35.3 Å². The highest BCUT2D eigenvalue weighted by atomic mass is 19.1. The van der Waals surface area contributed by atoms with Crippen molar-refractivity contribution in [1.82, 2.24) is 15.1 Å². The molecule has 1 heterocycles. The summed E-state index contributed by atoms with van der Waals surface area (Å²) in [7, 11) is 1.93. The second-order valence-corrected chi connectivity index (χ2v) is 4.99. The van der Waals surface area contributed by atoms with Gasteiger partial charge in [-0.3, -0.25) is 4.68 Å². The highest BCUT2D eigenvalue weighted by Crippen LogP contribution is 2.17. The fourth-order valence-electron chi connectivity index (χ4n) is 1.98. The first-order valence-electron chi connectivity index (χ1n) is 6.46. The Kier molecular flexibility index (Phi) is 4.00. The van der Waals surface area contributed by atoms with Gasteiger partial charge in [-0.25, -0.2) is 4.39 Å². The van der Waals surface area contributed by atoms with E-state index in [0.717, 1.165) is 17.8 Å². The van der Waals surface area contributed by atoms with E-state index in [2.05, 4.69) is 10.4 Å². The van der Waals surface area contributed by atoms with Crippen LogP contribution in [0.15, 0.2) is 24.4 Å². The van der Waals surface area contributed by atoms with Crippen LogP contribution in [0, 0.1) is 19.7 Å². The first kappa shape index (κ1) is 13.7. The summed E-state index contributed by atoms with van der Waals surface area (Å²) >= 11 is 0. The van der Waals surface area contributed by atoms with Gasteiger partial charge in [0.05, 0.1) is 6.20 Å².